The highest BCUT2D eigenvalue weighted by Crippen LogP contribution is 2.05. The van der Waals surface area contributed by atoms with Gasteiger partial charge in [0.1, 0.15) is 0 Å². The minimum absolute atomic E-state index is 0. The summed E-state index contributed by atoms with van der Waals surface area (Å²) in [4.78, 5) is 10.2. The maximum atomic E-state index is 10.2. The first-order chi connectivity index (χ1) is 3.72. The Bertz CT molecular complexity index is 79.1. The van der Waals surface area contributed by atoms with E-state index < -0.39 is 5.97 Å². The molecule has 0 radical (unpaired) electrons. The molecule has 0 saturated carbocycles. The van der Waals surface area contributed by atoms with Crippen molar-refractivity contribution in [2.75, 3.05) is 0 Å². The van der Waals surface area contributed by atoms with Gasteiger partial charge in [0.25, 0.3) is 0 Å². The number of hydrogen-bond acceptors (Lipinski definition) is 1. The predicted octanol–water partition coefficient (Wildman–Crippen LogP) is 0.591. The van der Waals surface area contributed by atoms with Gasteiger partial charge in [-0.3, -0.25) is 4.79 Å². The van der Waals surface area contributed by atoms with Gasteiger partial charge in [-0.25, -0.2) is 0 Å². The smallest absolute Gasteiger partial charge is 0.316 e. The Morgan fingerprint density at radius 3 is 1.78 bits per heavy atom. The Labute approximate surface area is 71.8 Å². The summed E-state index contributed by atoms with van der Waals surface area (Å²) < 4.78 is 0. The van der Waals surface area contributed by atoms with Gasteiger partial charge in [0.2, 0.25) is 0 Å². The molecule has 0 rings (SSSR count). The fourth-order valence-corrected chi connectivity index (χ4v) is 0.638. The van der Waals surface area contributed by atoms with Gasteiger partial charge in [-0.2, -0.15) is 0 Å². The average Bonchev–Trinajstić information content (AvgIpc) is 1.69. The van der Waals surface area contributed by atoms with Crippen molar-refractivity contribution in [1.29, 1.82) is 0 Å². The van der Waals surface area contributed by atoms with Gasteiger partial charge in [0.05, 0.1) is 5.92 Å². The van der Waals surface area contributed by atoms with Gasteiger partial charge in [0, 0.05) is 0 Å². The molecule has 0 aromatic rings. The third kappa shape index (κ3) is 4.72. The number of carbonyl (C=O) groups is 1. The molecule has 0 atom stereocenters. The van der Waals surface area contributed by atoms with Gasteiger partial charge < -0.3 is 5.11 Å². The van der Waals surface area contributed by atoms with E-state index in [0.29, 0.717) is 0 Å². The van der Waals surface area contributed by atoms with Crippen LogP contribution in [0, 0.1) is 5.92 Å². The van der Waals surface area contributed by atoms with Crippen molar-refractivity contribution in [3.8, 4) is 0 Å². The zero-order chi connectivity index (χ0) is 6.57. The third-order valence-corrected chi connectivity index (χ3v) is 1.33. The Morgan fingerprint density at radius 1 is 1.44 bits per heavy atom. The van der Waals surface area contributed by atoms with Crippen LogP contribution in [0.2, 0.25) is 0 Å². The number of carboxylic acids is 1. The van der Waals surface area contributed by atoms with E-state index in [4.69, 9.17) is 5.11 Å². The zero-order valence-corrected chi connectivity index (χ0v) is 5.35. The SMILES string of the molecule is CCC(CC)C(=O)O.[MgH2]. The highest BCUT2D eigenvalue weighted by Gasteiger charge is 2.10. The van der Waals surface area contributed by atoms with Crippen molar-refractivity contribution in [2.24, 2.45) is 5.92 Å². The van der Waals surface area contributed by atoms with Gasteiger partial charge in [-0.1, -0.05) is 13.8 Å². The Hall–Kier alpha value is 0.236. The van der Waals surface area contributed by atoms with Crippen molar-refractivity contribution < 1.29 is 9.90 Å². The van der Waals surface area contributed by atoms with Crippen LogP contribution >= 0.6 is 0 Å². The molecule has 0 bridgehead atoms. The highest BCUT2D eigenvalue weighted by molar-refractivity contribution is 5.75. The number of hydrogen-bond donors (Lipinski definition) is 1. The molecule has 0 fully saturated rings. The van der Waals surface area contributed by atoms with E-state index >= 15 is 0 Å². The maximum Gasteiger partial charge on any atom is 0.316 e. The molecule has 0 amide bonds. The van der Waals surface area contributed by atoms with E-state index in [1.54, 1.807) is 0 Å². The standard InChI is InChI=1S/C6H12O2.Mg.2H/c1-3-5(4-2)6(7)8;;;/h5H,3-4H2,1-2H3,(H,7,8);;;. The molecule has 52 valence electrons. The molecule has 3 heteroatoms. The van der Waals surface area contributed by atoms with Gasteiger partial charge >= 0.3 is 29.0 Å². The summed E-state index contributed by atoms with van der Waals surface area (Å²) in [6, 6.07) is 0. The van der Waals surface area contributed by atoms with E-state index in [2.05, 4.69) is 0 Å². The summed E-state index contributed by atoms with van der Waals surface area (Å²) in [5.41, 5.74) is 0. The lowest BCUT2D eigenvalue weighted by Crippen LogP contribution is -2.10. The fourth-order valence-electron chi connectivity index (χ4n) is 0.638. The van der Waals surface area contributed by atoms with Crippen LogP contribution in [0.1, 0.15) is 26.7 Å². The average molecular weight is 142 g/mol. The summed E-state index contributed by atoms with van der Waals surface area (Å²) in [5.74, 6) is -0.801. The Kier molecular flexibility index (Phi) is 8.45. The van der Waals surface area contributed by atoms with Crippen molar-refractivity contribution in [3.63, 3.8) is 0 Å². The third-order valence-electron chi connectivity index (χ3n) is 1.33. The second-order valence-electron chi connectivity index (χ2n) is 1.85. The molecule has 1 N–H and O–H groups in total. The zero-order valence-electron chi connectivity index (χ0n) is 5.35. The van der Waals surface area contributed by atoms with E-state index in [1.165, 1.54) is 0 Å². The second kappa shape index (κ2) is 6.36. The van der Waals surface area contributed by atoms with E-state index in [9.17, 15) is 4.79 Å². The molecule has 2 nitrogen and oxygen atoms in total. The molecular formula is C6H14MgO2. The first-order valence-electron chi connectivity index (χ1n) is 2.95. The second-order valence-corrected chi connectivity index (χ2v) is 1.85. The fraction of sp³-hybridized carbons (Fsp3) is 0.833. The van der Waals surface area contributed by atoms with Gasteiger partial charge in [-0.05, 0) is 12.8 Å². The molecule has 0 unspecified atom stereocenters. The van der Waals surface area contributed by atoms with E-state index in [0.717, 1.165) is 12.8 Å². The lowest BCUT2D eigenvalue weighted by Gasteiger charge is -2.02. The van der Waals surface area contributed by atoms with Crippen LogP contribution < -0.4 is 0 Å². The molecule has 0 spiro atoms. The molecule has 0 aromatic carbocycles. The lowest BCUT2D eigenvalue weighted by atomic mass is 10.1. The monoisotopic (exact) mass is 142 g/mol. The normalized spacial score (nSPS) is 8.78. The van der Waals surface area contributed by atoms with Crippen LogP contribution in [0.15, 0.2) is 0 Å². The minimum atomic E-state index is -0.671. The lowest BCUT2D eigenvalue weighted by molar-refractivity contribution is -0.141. The van der Waals surface area contributed by atoms with Crippen molar-refractivity contribution in [3.05, 3.63) is 0 Å². The summed E-state index contributed by atoms with van der Waals surface area (Å²) >= 11 is 0. The van der Waals surface area contributed by atoms with Crippen molar-refractivity contribution in [2.45, 2.75) is 26.7 Å². The quantitative estimate of drug-likeness (QED) is 0.586. The molecule has 0 heterocycles. The van der Waals surface area contributed by atoms with Crippen molar-refractivity contribution in [1.82, 2.24) is 0 Å². The predicted molar refractivity (Wildman–Crippen MR) is 40.3 cm³/mol. The molecule has 9 heavy (non-hydrogen) atoms. The van der Waals surface area contributed by atoms with Crippen molar-refractivity contribution >= 4 is 29.0 Å². The minimum Gasteiger partial charge on any atom is -0.481 e. The molecule has 0 aliphatic rings. The van der Waals surface area contributed by atoms with Gasteiger partial charge in [-0.15, -0.1) is 0 Å². The first kappa shape index (κ1) is 12.0. The van der Waals surface area contributed by atoms with E-state index in [1.807, 2.05) is 13.8 Å². The summed E-state index contributed by atoms with van der Waals surface area (Å²) in [6.07, 6.45) is 1.48. The number of carboxylic acid groups (broad SMARTS) is 1. The molecule has 0 aliphatic heterocycles. The first-order valence-corrected chi connectivity index (χ1v) is 2.95. The Morgan fingerprint density at radius 2 is 1.78 bits per heavy atom. The molecule has 0 saturated heterocycles. The summed E-state index contributed by atoms with van der Waals surface area (Å²) in [7, 11) is 0. The van der Waals surface area contributed by atoms with Crippen LogP contribution in [-0.4, -0.2) is 34.1 Å². The highest BCUT2D eigenvalue weighted by atomic mass is 24.3. The Balaban J connectivity index is 0. The maximum absolute atomic E-state index is 10.2. The van der Waals surface area contributed by atoms with Crippen LogP contribution in [0.25, 0.3) is 0 Å². The number of rotatable bonds is 3. The molecule has 0 aliphatic carbocycles. The topological polar surface area (TPSA) is 37.3 Å². The van der Waals surface area contributed by atoms with Crippen LogP contribution in [-0.2, 0) is 4.79 Å². The van der Waals surface area contributed by atoms with Crippen LogP contribution in [0.4, 0.5) is 0 Å². The summed E-state index contributed by atoms with van der Waals surface area (Å²) in [5, 5.41) is 8.37. The molecule has 0 aromatic heterocycles. The number of aliphatic carboxylic acids is 1. The largest absolute Gasteiger partial charge is 0.481 e. The molecular weight excluding hydrogens is 128 g/mol. The summed E-state index contributed by atoms with van der Waals surface area (Å²) in [6.45, 7) is 3.78. The van der Waals surface area contributed by atoms with Gasteiger partial charge in [0.15, 0.2) is 0 Å². The van der Waals surface area contributed by atoms with Crippen LogP contribution in [0.5, 0.6) is 0 Å². The van der Waals surface area contributed by atoms with Crippen LogP contribution in [0.3, 0.4) is 0 Å². The van der Waals surface area contributed by atoms with E-state index in [-0.39, 0.29) is 29.0 Å².